The van der Waals surface area contributed by atoms with Gasteiger partial charge in [0.25, 0.3) is 11.6 Å². The molecular weight excluding hydrogens is 384 g/mol. The molecule has 0 radical (unpaired) electrons. The maximum Gasteiger partial charge on any atom is 0.269 e. The first-order chi connectivity index (χ1) is 13.0. The smallest absolute Gasteiger partial charge is 0.269 e. The van der Waals surface area contributed by atoms with E-state index in [0.717, 1.165) is 17.5 Å². The summed E-state index contributed by atoms with van der Waals surface area (Å²) >= 11 is 7.62. The van der Waals surface area contributed by atoms with Gasteiger partial charge in [0.05, 0.1) is 11.0 Å². The molecule has 4 rings (SSSR count). The Morgan fingerprint density at radius 2 is 1.81 bits per heavy atom. The molecule has 0 bridgehead atoms. The van der Waals surface area contributed by atoms with Crippen LogP contribution in [0.25, 0.3) is 0 Å². The number of hydrogen-bond acceptors (Lipinski definition) is 4. The number of carbonyl (C=O) groups is 1. The van der Waals surface area contributed by atoms with Gasteiger partial charge in [0, 0.05) is 34.1 Å². The molecular formula is C20H15ClN2O3S. The highest BCUT2D eigenvalue weighted by Gasteiger charge is 2.33. The number of amides is 1. The number of benzene rings is 2. The number of nitro benzene ring substituents is 1. The van der Waals surface area contributed by atoms with Gasteiger partial charge in [0.1, 0.15) is 0 Å². The van der Waals surface area contributed by atoms with Crippen molar-refractivity contribution >= 4 is 34.5 Å². The molecule has 2 aromatic carbocycles. The summed E-state index contributed by atoms with van der Waals surface area (Å²) in [7, 11) is 0. The zero-order chi connectivity index (χ0) is 19.0. The van der Waals surface area contributed by atoms with Crippen LogP contribution in [0.3, 0.4) is 0 Å². The Morgan fingerprint density at radius 3 is 2.48 bits per heavy atom. The number of nitro groups is 1. The highest BCUT2D eigenvalue weighted by atomic mass is 35.5. The highest BCUT2D eigenvalue weighted by molar-refractivity contribution is 7.10. The van der Waals surface area contributed by atoms with E-state index in [4.69, 9.17) is 11.6 Å². The Hall–Kier alpha value is -2.70. The molecule has 0 saturated heterocycles. The Balaban J connectivity index is 1.75. The van der Waals surface area contributed by atoms with Gasteiger partial charge in [-0.2, -0.15) is 0 Å². The van der Waals surface area contributed by atoms with Gasteiger partial charge in [-0.15, -0.1) is 11.3 Å². The van der Waals surface area contributed by atoms with Crippen LogP contribution in [0.4, 0.5) is 5.69 Å². The normalized spacial score (nSPS) is 16.0. The molecule has 27 heavy (non-hydrogen) atoms. The fraction of sp³-hybridized carbons (Fsp3) is 0.150. The van der Waals surface area contributed by atoms with E-state index in [0.29, 0.717) is 17.1 Å². The molecule has 1 atom stereocenters. The van der Waals surface area contributed by atoms with Crippen molar-refractivity contribution in [2.45, 2.75) is 12.5 Å². The summed E-state index contributed by atoms with van der Waals surface area (Å²) in [5, 5.41) is 13.6. The van der Waals surface area contributed by atoms with Crippen molar-refractivity contribution in [3.05, 3.63) is 96.7 Å². The predicted octanol–water partition coefficient (Wildman–Crippen LogP) is 5.10. The van der Waals surface area contributed by atoms with Crippen molar-refractivity contribution in [1.82, 2.24) is 4.90 Å². The second-order valence-electron chi connectivity index (χ2n) is 6.31. The molecule has 136 valence electrons. The minimum absolute atomic E-state index is 0.0377. The molecule has 0 fully saturated rings. The molecule has 1 aliphatic rings. The van der Waals surface area contributed by atoms with Crippen molar-refractivity contribution < 1.29 is 9.72 Å². The van der Waals surface area contributed by atoms with Gasteiger partial charge in [0.15, 0.2) is 0 Å². The Morgan fingerprint density at radius 1 is 1.11 bits per heavy atom. The summed E-state index contributed by atoms with van der Waals surface area (Å²) in [5.41, 5.74) is 2.56. The summed E-state index contributed by atoms with van der Waals surface area (Å²) in [6.45, 7) is 0.594. The number of thiophene rings is 1. The van der Waals surface area contributed by atoms with E-state index in [1.54, 1.807) is 47.7 Å². The van der Waals surface area contributed by atoms with Gasteiger partial charge in [-0.05, 0) is 65.4 Å². The molecule has 2 heterocycles. The van der Waals surface area contributed by atoms with Gasteiger partial charge in [0.2, 0.25) is 0 Å². The molecule has 0 spiro atoms. The Kier molecular flexibility index (Phi) is 4.68. The topological polar surface area (TPSA) is 63.5 Å². The van der Waals surface area contributed by atoms with E-state index >= 15 is 0 Å². The van der Waals surface area contributed by atoms with E-state index in [1.165, 1.54) is 17.0 Å². The first kappa shape index (κ1) is 17.7. The van der Waals surface area contributed by atoms with Gasteiger partial charge >= 0.3 is 0 Å². The van der Waals surface area contributed by atoms with Gasteiger partial charge in [-0.3, -0.25) is 14.9 Å². The summed E-state index contributed by atoms with van der Waals surface area (Å²) in [6.07, 6.45) is 0.801. The zero-order valence-corrected chi connectivity index (χ0v) is 15.7. The highest BCUT2D eigenvalue weighted by Crippen LogP contribution is 2.39. The quantitative estimate of drug-likeness (QED) is 0.455. The zero-order valence-electron chi connectivity index (χ0n) is 14.2. The lowest BCUT2D eigenvalue weighted by Gasteiger charge is -2.36. The maximum atomic E-state index is 13.2. The van der Waals surface area contributed by atoms with E-state index < -0.39 is 4.92 Å². The van der Waals surface area contributed by atoms with Crippen LogP contribution in [0, 0.1) is 10.1 Å². The first-order valence-corrected chi connectivity index (χ1v) is 9.67. The fourth-order valence-electron chi connectivity index (χ4n) is 3.43. The van der Waals surface area contributed by atoms with Gasteiger partial charge in [-0.25, -0.2) is 0 Å². The lowest BCUT2D eigenvalue weighted by molar-refractivity contribution is -0.384. The molecule has 0 N–H and O–H groups in total. The maximum absolute atomic E-state index is 13.2. The van der Waals surface area contributed by atoms with Crippen molar-refractivity contribution in [2.75, 3.05) is 6.54 Å². The molecule has 3 aromatic rings. The van der Waals surface area contributed by atoms with Gasteiger partial charge in [-0.1, -0.05) is 11.6 Å². The third-order valence-corrected chi connectivity index (χ3v) is 5.99. The molecule has 1 aromatic heterocycles. The van der Waals surface area contributed by atoms with E-state index in [9.17, 15) is 14.9 Å². The Bertz CT molecular complexity index is 999. The molecule has 1 amide bonds. The molecule has 1 aliphatic heterocycles. The summed E-state index contributed by atoms with van der Waals surface area (Å²) < 4.78 is 0. The number of rotatable bonds is 3. The Labute approximate surface area is 165 Å². The number of fused-ring (bicyclic) bond motifs is 1. The van der Waals surface area contributed by atoms with Crippen molar-refractivity contribution in [1.29, 1.82) is 0 Å². The lowest BCUT2D eigenvalue weighted by Crippen LogP contribution is -2.40. The average molecular weight is 399 g/mol. The molecule has 7 heteroatoms. The average Bonchev–Trinajstić information content (AvgIpc) is 3.16. The van der Waals surface area contributed by atoms with E-state index in [1.807, 2.05) is 16.3 Å². The van der Waals surface area contributed by atoms with E-state index in [-0.39, 0.29) is 17.6 Å². The molecule has 5 nitrogen and oxygen atoms in total. The lowest BCUT2D eigenvalue weighted by atomic mass is 9.92. The van der Waals surface area contributed by atoms with Crippen LogP contribution in [0.1, 0.15) is 32.4 Å². The van der Waals surface area contributed by atoms with Crippen molar-refractivity contribution in [3.63, 3.8) is 0 Å². The van der Waals surface area contributed by atoms with Crippen LogP contribution in [-0.2, 0) is 6.42 Å². The number of nitrogens with zero attached hydrogens (tertiary/aromatic N) is 2. The third-order valence-electron chi connectivity index (χ3n) is 4.74. The SMILES string of the molecule is O=C(c1ccc(Cl)cc1)N1CCc2sccc2C1c1ccc([N+](=O)[O-])cc1. The number of halogens is 1. The second-order valence-corrected chi connectivity index (χ2v) is 7.74. The second kappa shape index (κ2) is 7.13. The van der Waals surface area contributed by atoms with Crippen LogP contribution in [0.15, 0.2) is 60.0 Å². The van der Waals surface area contributed by atoms with Crippen LogP contribution < -0.4 is 0 Å². The third kappa shape index (κ3) is 3.34. The molecule has 0 aliphatic carbocycles. The molecule has 1 unspecified atom stereocenters. The standard InChI is InChI=1S/C20H15ClN2O3S/c21-15-5-1-14(2-6-15)20(24)22-11-9-18-17(10-12-27-18)19(22)13-3-7-16(8-4-13)23(25)26/h1-8,10,12,19H,9,11H2. The minimum Gasteiger partial charge on any atom is -0.327 e. The number of carbonyl (C=O) groups excluding carboxylic acids is 1. The number of non-ortho nitro benzene ring substituents is 1. The summed E-state index contributed by atoms with van der Waals surface area (Å²) in [5.74, 6) is -0.0770. The predicted molar refractivity (Wildman–Crippen MR) is 105 cm³/mol. The summed E-state index contributed by atoms with van der Waals surface area (Å²) in [4.78, 5) is 26.8. The molecule has 0 saturated carbocycles. The van der Waals surface area contributed by atoms with Crippen LogP contribution in [0.2, 0.25) is 5.02 Å². The minimum atomic E-state index is -0.419. The van der Waals surface area contributed by atoms with Crippen molar-refractivity contribution in [3.8, 4) is 0 Å². The largest absolute Gasteiger partial charge is 0.327 e. The van der Waals surface area contributed by atoms with Crippen LogP contribution in [-0.4, -0.2) is 22.3 Å². The van der Waals surface area contributed by atoms with E-state index in [2.05, 4.69) is 0 Å². The van der Waals surface area contributed by atoms with Crippen molar-refractivity contribution in [2.24, 2.45) is 0 Å². The number of hydrogen-bond donors (Lipinski definition) is 0. The fourth-order valence-corrected chi connectivity index (χ4v) is 4.46. The van der Waals surface area contributed by atoms with Crippen LogP contribution in [0.5, 0.6) is 0 Å². The monoisotopic (exact) mass is 398 g/mol. The van der Waals surface area contributed by atoms with Gasteiger partial charge < -0.3 is 4.90 Å². The summed E-state index contributed by atoms with van der Waals surface area (Å²) in [6, 6.07) is 15.1. The first-order valence-electron chi connectivity index (χ1n) is 8.42. The van der Waals surface area contributed by atoms with Crippen LogP contribution >= 0.6 is 22.9 Å².